The van der Waals surface area contributed by atoms with E-state index in [4.69, 9.17) is 4.74 Å². The molecule has 1 N–H and O–H groups in total. The molecule has 132 valence electrons. The standard InChI is InChI=1S/C20H18N2O3S/c1-13-7-6-10-16(11-13)21-18(23)14(2)25-20(24)17-12-26-19(22-17)15-8-4-3-5-9-15/h3-12,14H,1-2H3,(H,21,23)/t14-/m0/s1. The fourth-order valence-electron chi connectivity index (χ4n) is 2.32. The Morgan fingerprint density at radius 1 is 1.12 bits per heavy atom. The molecule has 0 fully saturated rings. The minimum absolute atomic E-state index is 0.198. The van der Waals surface area contributed by atoms with Crippen LogP contribution in [0.1, 0.15) is 23.0 Å². The lowest BCUT2D eigenvalue weighted by atomic mass is 10.2. The summed E-state index contributed by atoms with van der Waals surface area (Å²) in [6, 6.07) is 17.0. The van der Waals surface area contributed by atoms with Gasteiger partial charge in [-0.05, 0) is 31.5 Å². The molecule has 3 aromatic rings. The molecule has 2 aromatic carbocycles. The molecule has 26 heavy (non-hydrogen) atoms. The van der Waals surface area contributed by atoms with Gasteiger partial charge >= 0.3 is 5.97 Å². The van der Waals surface area contributed by atoms with Gasteiger partial charge in [0.25, 0.3) is 5.91 Å². The summed E-state index contributed by atoms with van der Waals surface area (Å²) >= 11 is 1.36. The molecule has 0 aliphatic heterocycles. The summed E-state index contributed by atoms with van der Waals surface area (Å²) < 4.78 is 5.24. The molecule has 1 amide bonds. The normalized spacial score (nSPS) is 11.6. The predicted molar refractivity (Wildman–Crippen MR) is 102 cm³/mol. The van der Waals surface area contributed by atoms with E-state index in [1.807, 2.05) is 55.5 Å². The smallest absolute Gasteiger partial charge is 0.358 e. The second-order valence-corrected chi connectivity index (χ2v) is 6.67. The number of hydrogen-bond acceptors (Lipinski definition) is 5. The van der Waals surface area contributed by atoms with Gasteiger partial charge in [-0.15, -0.1) is 11.3 Å². The highest BCUT2D eigenvalue weighted by Gasteiger charge is 2.21. The zero-order valence-corrected chi connectivity index (χ0v) is 15.2. The van der Waals surface area contributed by atoms with Crippen LogP contribution in [-0.2, 0) is 9.53 Å². The van der Waals surface area contributed by atoms with Crippen LogP contribution in [0.15, 0.2) is 60.0 Å². The molecule has 1 heterocycles. The third-order valence-corrected chi connectivity index (χ3v) is 4.56. The summed E-state index contributed by atoms with van der Waals surface area (Å²) in [5.74, 6) is -1.00. The number of esters is 1. The zero-order valence-electron chi connectivity index (χ0n) is 14.4. The number of amides is 1. The third-order valence-electron chi connectivity index (χ3n) is 3.67. The van der Waals surface area contributed by atoms with Crippen LogP contribution in [0.25, 0.3) is 10.6 Å². The third kappa shape index (κ3) is 4.34. The first-order chi connectivity index (χ1) is 12.5. The summed E-state index contributed by atoms with van der Waals surface area (Å²) in [7, 11) is 0. The molecule has 0 saturated heterocycles. The Bertz CT molecular complexity index is 922. The van der Waals surface area contributed by atoms with Crippen molar-refractivity contribution in [1.29, 1.82) is 0 Å². The first-order valence-electron chi connectivity index (χ1n) is 8.12. The van der Waals surface area contributed by atoms with Crippen molar-refractivity contribution in [2.45, 2.75) is 20.0 Å². The number of anilines is 1. The quantitative estimate of drug-likeness (QED) is 0.684. The number of aryl methyl sites for hydroxylation is 1. The molecule has 1 atom stereocenters. The Morgan fingerprint density at radius 3 is 2.62 bits per heavy atom. The fraction of sp³-hybridized carbons (Fsp3) is 0.150. The van der Waals surface area contributed by atoms with Crippen LogP contribution in [-0.4, -0.2) is 23.0 Å². The number of thiazole rings is 1. The molecule has 0 bridgehead atoms. The van der Waals surface area contributed by atoms with Crippen molar-refractivity contribution < 1.29 is 14.3 Å². The highest BCUT2D eigenvalue weighted by Crippen LogP contribution is 2.23. The Kier molecular flexibility index (Phi) is 5.43. The number of nitrogens with zero attached hydrogens (tertiary/aromatic N) is 1. The van der Waals surface area contributed by atoms with Crippen molar-refractivity contribution >= 4 is 28.9 Å². The molecule has 1 aromatic heterocycles. The molecule has 0 aliphatic rings. The van der Waals surface area contributed by atoms with E-state index in [9.17, 15) is 9.59 Å². The maximum atomic E-state index is 12.3. The minimum Gasteiger partial charge on any atom is -0.448 e. The molecule has 0 unspecified atom stereocenters. The van der Waals surface area contributed by atoms with Crippen LogP contribution in [0.4, 0.5) is 5.69 Å². The molecular formula is C20H18N2O3S. The van der Waals surface area contributed by atoms with Gasteiger partial charge in [0.2, 0.25) is 0 Å². The summed E-state index contributed by atoms with van der Waals surface area (Å²) in [6.45, 7) is 3.47. The Labute approximate surface area is 155 Å². The van der Waals surface area contributed by atoms with E-state index in [0.29, 0.717) is 5.69 Å². The van der Waals surface area contributed by atoms with Crippen LogP contribution in [0.3, 0.4) is 0 Å². The summed E-state index contributed by atoms with van der Waals surface area (Å²) in [4.78, 5) is 28.8. The summed E-state index contributed by atoms with van der Waals surface area (Å²) in [6.07, 6.45) is -0.926. The van der Waals surface area contributed by atoms with Crippen LogP contribution < -0.4 is 5.32 Å². The van der Waals surface area contributed by atoms with Gasteiger partial charge in [-0.25, -0.2) is 9.78 Å². The summed E-state index contributed by atoms with van der Waals surface area (Å²) in [5.41, 5.74) is 2.83. The van der Waals surface area contributed by atoms with E-state index in [1.54, 1.807) is 11.4 Å². The second kappa shape index (κ2) is 7.93. The number of rotatable bonds is 5. The molecule has 0 saturated carbocycles. The van der Waals surface area contributed by atoms with E-state index in [0.717, 1.165) is 16.1 Å². The van der Waals surface area contributed by atoms with Crippen molar-refractivity contribution in [3.63, 3.8) is 0 Å². The molecule has 0 aliphatic carbocycles. The predicted octanol–water partition coefficient (Wildman–Crippen LogP) is 4.30. The monoisotopic (exact) mass is 366 g/mol. The summed E-state index contributed by atoms with van der Waals surface area (Å²) in [5, 5.41) is 5.10. The van der Waals surface area contributed by atoms with E-state index in [-0.39, 0.29) is 11.6 Å². The van der Waals surface area contributed by atoms with Gasteiger partial charge in [-0.2, -0.15) is 0 Å². The van der Waals surface area contributed by atoms with Crippen LogP contribution in [0, 0.1) is 6.92 Å². The van der Waals surface area contributed by atoms with E-state index < -0.39 is 12.1 Å². The van der Waals surface area contributed by atoms with Crippen LogP contribution in [0.2, 0.25) is 0 Å². The lowest BCUT2D eigenvalue weighted by Gasteiger charge is -2.13. The zero-order chi connectivity index (χ0) is 18.5. The van der Waals surface area contributed by atoms with Crippen LogP contribution >= 0.6 is 11.3 Å². The van der Waals surface area contributed by atoms with Gasteiger partial charge in [0.15, 0.2) is 11.8 Å². The Hall–Kier alpha value is -2.99. The van der Waals surface area contributed by atoms with Crippen molar-refractivity contribution in [2.75, 3.05) is 5.32 Å². The van der Waals surface area contributed by atoms with Gasteiger partial charge in [0.1, 0.15) is 5.01 Å². The Balaban J connectivity index is 1.62. The van der Waals surface area contributed by atoms with Gasteiger partial charge in [-0.3, -0.25) is 4.79 Å². The highest BCUT2D eigenvalue weighted by atomic mass is 32.1. The number of nitrogens with one attached hydrogen (secondary N) is 1. The van der Waals surface area contributed by atoms with Gasteiger partial charge < -0.3 is 10.1 Å². The van der Waals surface area contributed by atoms with E-state index in [2.05, 4.69) is 10.3 Å². The average Bonchev–Trinajstić information content (AvgIpc) is 3.12. The topological polar surface area (TPSA) is 68.3 Å². The van der Waals surface area contributed by atoms with Gasteiger partial charge in [0.05, 0.1) is 0 Å². The first-order valence-corrected chi connectivity index (χ1v) is 9.00. The minimum atomic E-state index is -0.926. The van der Waals surface area contributed by atoms with E-state index in [1.165, 1.54) is 18.3 Å². The number of aromatic nitrogens is 1. The molecule has 3 rings (SSSR count). The molecule has 0 spiro atoms. The van der Waals surface area contributed by atoms with Crippen molar-refractivity contribution in [3.8, 4) is 10.6 Å². The van der Waals surface area contributed by atoms with Gasteiger partial charge in [-0.1, -0.05) is 42.5 Å². The fourth-order valence-corrected chi connectivity index (χ4v) is 3.12. The van der Waals surface area contributed by atoms with Crippen molar-refractivity contribution in [2.24, 2.45) is 0 Å². The lowest BCUT2D eigenvalue weighted by Crippen LogP contribution is -2.30. The number of carbonyl (C=O) groups excluding carboxylic acids is 2. The average molecular weight is 366 g/mol. The molecule has 0 radical (unpaired) electrons. The molecular weight excluding hydrogens is 348 g/mol. The maximum absolute atomic E-state index is 12.3. The number of benzene rings is 2. The molecule has 6 heteroatoms. The first kappa shape index (κ1) is 17.8. The SMILES string of the molecule is Cc1cccc(NC(=O)[C@H](C)OC(=O)c2csc(-c3ccccc3)n2)c1. The number of ether oxygens (including phenoxy) is 1. The highest BCUT2D eigenvalue weighted by molar-refractivity contribution is 7.13. The van der Waals surface area contributed by atoms with Crippen molar-refractivity contribution in [1.82, 2.24) is 4.98 Å². The molecule has 5 nitrogen and oxygen atoms in total. The van der Waals surface area contributed by atoms with Crippen molar-refractivity contribution in [3.05, 3.63) is 71.2 Å². The van der Waals surface area contributed by atoms with E-state index >= 15 is 0 Å². The largest absolute Gasteiger partial charge is 0.448 e. The number of carbonyl (C=O) groups is 2. The van der Waals surface area contributed by atoms with Gasteiger partial charge in [0, 0.05) is 16.6 Å². The number of hydrogen-bond donors (Lipinski definition) is 1. The Morgan fingerprint density at radius 2 is 1.88 bits per heavy atom. The van der Waals surface area contributed by atoms with Crippen LogP contribution in [0.5, 0.6) is 0 Å². The lowest BCUT2D eigenvalue weighted by molar-refractivity contribution is -0.123. The second-order valence-electron chi connectivity index (χ2n) is 5.81. The maximum Gasteiger partial charge on any atom is 0.358 e.